The van der Waals surface area contributed by atoms with Crippen LogP contribution < -0.4 is 10.2 Å². The van der Waals surface area contributed by atoms with E-state index in [-0.39, 0.29) is 5.75 Å². The van der Waals surface area contributed by atoms with Gasteiger partial charge in [-0.1, -0.05) is 12.1 Å². The van der Waals surface area contributed by atoms with Crippen LogP contribution in [0.3, 0.4) is 0 Å². The Bertz CT molecular complexity index is 1470. The van der Waals surface area contributed by atoms with Gasteiger partial charge in [0.25, 0.3) is 0 Å². The first-order valence-corrected chi connectivity index (χ1v) is 13.4. The highest BCUT2D eigenvalue weighted by atomic mass is 32.1. The quantitative estimate of drug-likeness (QED) is 0.329. The summed E-state index contributed by atoms with van der Waals surface area (Å²) in [4.78, 5) is 19.3. The zero-order valence-electron chi connectivity index (χ0n) is 20.7. The third kappa shape index (κ3) is 5.00. The van der Waals surface area contributed by atoms with Gasteiger partial charge in [-0.25, -0.2) is 15.0 Å². The summed E-state index contributed by atoms with van der Waals surface area (Å²) >= 11 is 1.65. The number of anilines is 2. The van der Waals surface area contributed by atoms with Gasteiger partial charge >= 0.3 is 0 Å². The minimum absolute atomic E-state index is 0.275. The third-order valence-corrected chi connectivity index (χ3v) is 7.49. The van der Waals surface area contributed by atoms with Crippen LogP contribution in [0, 0.1) is 0 Å². The summed E-state index contributed by atoms with van der Waals surface area (Å²) in [6.45, 7) is 4.91. The summed E-state index contributed by atoms with van der Waals surface area (Å²) in [7, 11) is 2.17. The number of rotatable bonds is 7. The number of hydrogen-bond donors (Lipinski definition) is 2. The zero-order valence-corrected chi connectivity index (χ0v) is 21.5. The first-order chi connectivity index (χ1) is 18.1. The molecular formula is C28H29N7OS. The first-order valence-electron chi connectivity index (χ1n) is 12.5. The molecule has 4 heterocycles. The number of fused-ring (bicyclic) bond motifs is 1. The Morgan fingerprint density at radius 3 is 2.43 bits per heavy atom. The van der Waals surface area contributed by atoms with Crippen molar-refractivity contribution in [2.75, 3.05) is 50.0 Å². The average Bonchev–Trinajstić information content (AvgIpc) is 3.60. The van der Waals surface area contributed by atoms with Gasteiger partial charge in [-0.05, 0) is 66.9 Å². The number of hydrogen-bond acceptors (Lipinski definition) is 8. The van der Waals surface area contributed by atoms with Crippen molar-refractivity contribution >= 4 is 34.0 Å². The zero-order chi connectivity index (χ0) is 25.2. The molecule has 0 amide bonds. The Morgan fingerprint density at radius 1 is 0.919 bits per heavy atom. The van der Waals surface area contributed by atoms with Gasteiger partial charge in [0, 0.05) is 49.4 Å². The van der Waals surface area contributed by atoms with E-state index in [1.54, 1.807) is 23.5 Å². The fourth-order valence-electron chi connectivity index (χ4n) is 4.61. The number of benzene rings is 2. The summed E-state index contributed by atoms with van der Waals surface area (Å²) in [6.07, 6.45) is 2.61. The molecule has 1 aliphatic heterocycles. The SMILES string of the molecule is CN1CCN(c2ccc(-c3nc(NCCc4ccc(O)cc4)c4ncn(-c5ccsc5)c4n3)cc2)CC1. The molecule has 1 aliphatic rings. The predicted octanol–water partition coefficient (Wildman–Crippen LogP) is 4.66. The minimum Gasteiger partial charge on any atom is -0.508 e. The second-order valence-electron chi connectivity index (χ2n) is 9.34. The van der Waals surface area contributed by atoms with Crippen molar-refractivity contribution in [1.29, 1.82) is 0 Å². The molecule has 1 fully saturated rings. The largest absolute Gasteiger partial charge is 0.508 e. The van der Waals surface area contributed by atoms with Gasteiger partial charge < -0.3 is 20.2 Å². The lowest BCUT2D eigenvalue weighted by Gasteiger charge is -2.34. The van der Waals surface area contributed by atoms with Crippen LogP contribution in [0.1, 0.15) is 5.56 Å². The van der Waals surface area contributed by atoms with E-state index in [1.165, 1.54) is 5.69 Å². The van der Waals surface area contributed by atoms with Crippen LogP contribution in [0.5, 0.6) is 5.75 Å². The standard InChI is InChI=1S/C28H29N7OS/c1-33-13-15-34(16-14-33)22-6-4-21(5-7-22)26-31-27(29-12-10-20-2-8-24(36)9-3-20)25-28(32-26)35(19-30-25)23-11-17-37-18-23/h2-9,11,17-19,36H,10,12-16H2,1H3,(H,29,31,32). The Balaban J connectivity index is 1.31. The molecule has 0 atom stereocenters. The Morgan fingerprint density at radius 2 is 1.70 bits per heavy atom. The highest BCUT2D eigenvalue weighted by Gasteiger charge is 2.17. The van der Waals surface area contributed by atoms with Crippen molar-refractivity contribution in [3.63, 3.8) is 0 Å². The average molecular weight is 512 g/mol. The van der Waals surface area contributed by atoms with Crippen LogP contribution >= 0.6 is 11.3 Å². The topological polar surface area (TPSA) is 82.3 Å². The fourth-order valence-corrected chi connectivity index (χ4v) is 5.24. The van der Waals surface area contributed by atoms with E-state index in [0.717, 1.165) is 66.4 Å². The first kappa shape index (κ1) is 23.4. The minimum atomic E-state index is 0.275. The second kappa shape index (κ2) is 10.2. The van der Waals surface area contributed by atoms with Gasteiger partial charge in [0.1, 0.15) is 12.1 Å². The van der Waals surface area contributed by atoms with E-state index in [4.69, 9.17) is 9.97 Å². The predicted molar refractivity (Wildman–Crippen MR) is 150 cm³/mol. The summed E-state index contributed by atoms with van der Waals surface area (Å²) in [6, 6.07) is 17.9. The summed E-state index contributed by atoms with van der Waals surface area (Å²) in [5.41, 5.74) is 5.90. The van der Waals surface area contributed by atoms with Crippen LogP contribution in [0.4, 0.5) is 11.5 Å². The van der Waals surface area contributed by atoms with E-state index >= 15 is 0 Å². The van der Waals surface area contributed by atoms with Crippen molar-refractivity contribution in [3.05, 3.63) is 77.2 Å². The van der Waals surface area contributed by atoms with Crippen molar-refractivity contribution < 1.29 is 5.11 Å². The number of piperazine rings is 1. The lowest BCUT2D eigenvalue weighted by atomic mass is 10.1. The highest BCUT2D eigenvalue weighted by Crippen LogP contribution is 2.28. The molecule has 37 heavy (non-hydrogen) atoms. The van der Waals surface area contributed by atoms with Gasteiger partial charge in [0.15, 0.2) is 22.8 Å². The Hall–Kier alpha value is -3.95. The van der Waals surface area contributed by atoms with Gasteiger partial charge in [-0.15, -0.1) is 0 Å². The number of phenols is 1. The van der Waals surface area contributed by atoms with Crippen molar-refractivity contribution in [1.82, 2.24) is 24.4 Å². The number of phenolic OH excluding ortho intramolecular Hbond substituents is 1. The van der Waals surface area contributed by atoms with Crippen LogP contribution in [-0.2, 0) is 6.42 Å². The molecule has 5 aromatic rings. The maximum atomic E-state index is 9.55. The maximum Gasteiger partial charge on any atom is 0.170 e. The molecule has 0 bridgehead atoms. The molecule has 0 aliphatic carbocycles. The smallest absolute Gasteiger partial charge is 0.170 e. The van der Waals surface area contributed by atoms with Crippen LogP contribution in [0.25, 0.3) is 28.2 Å². The van der Waals surface area contributed by atoms with Gasteiger partial charge in [-0.2, -0.15) is 11.3 Å². The summed E-state index contributed by atoms with van der Waals surface area (Å²) in [5.74, 6) is 1.66. The molecule has 0 spiro atoms. The number of imidazole rings is 1. The number of nitrogens with zero attached hydrogens (tertiary/aromatic N) is 6. The summed E-state index contributed by atoms with van der Waals surface area (Å²) < 4.78 is 2.01. The Labute approximate surface area is 219 Å². The fraction of sp³-hybridized carbons (Fsp3) is 0.250. The molecule has 0 unspecified atom stereocenters. The highest BCUT2D eigenvalue weighted by molar-refractivity contribution is 7.08. The van der Waals surface area contributed by atoms with Gasteiger partial charge in [0.2, 0.25) is 0 Å². The number of aromatic hydroxyl groups is 1. The normalized spacial score (nSPS) is 14.4. The van der Waals surface area contributed by atoms with Crippen molar-refractivity contribution in [2.45, 2.75) is 6.42 Å². The van der Waals surface area contributed by atoms with E-state index in [9.17, 15) is 5.11 Å². The molecule has 0 radical (unpaired) electrons. The van der Waals surface area contributed by atoms with E-state index in [2.05, 4.69) is 68.2 Å². The number of aromatic nitrogens is 4. The summed E-state index contributed by atoms with van der Waals surface area (Å²) in [5, 5.41) is 17.2. The van der Waals surface area contributed by atoms with Gasteiger partial charge in [0.05, 0.1) is 5.69 Å². The Kier molecular flexibility index (Phi) is 6.46. The van der Waals surface area contributed by atoms with E-state index in [0.29, 0.717) is 12.4 Å². The van der Waals surface area contributed by atoms with Crippen LogP contribution in [0.2, 0.25) is 0 Å². The molecular weight excluding hydrogens is 482 g/mol. The van der Waals surface area contributed by atoms with Gasteiger partial charge in [-0.3, -0.25) is 4.57 Å². The van der Waals surface area contributed by atoms with Crippen molar-refractivity contribution in [2.24, 2.45) is 0 Å². The lowest BCUT2D eigenvalue weighted by molar-refractivity contribution is 0.313. The molecule has 0 saturated carbocycles. The molecule has 3 aromatic heterocycles. The molecule has 9 heteroatoms. The molecule has 8 nitrogen and oxygen atoms in total. The van der Waals surface area contributed by atoms with Crippen molar-refractivity contribution in [3.8, 4) is 22.8 Å². The second-order valence-corrected chi connectivity index (χ2v) is 10.1. The molecule has 2 aromatic carbocycles. The van der Waals surface area contributed by atoms with E-state index < -0.39 is 0 Å². The van der Waals surface area contributed by atoms with Crippen LogP contribution in [-0.4, -0.2) is 69.3 Å². The van der Waals surface area contributed by atoms with Crippen LogP contribution in [0.15, 0.2) is 71.7 Å². The number of thiophene rings is 1. The number of nitrogens with one attached hydrogen (secondary N) is 1. The number of likely N-dealkylation sites (N-methyl/N-ethyl adjacent to an activating group) is 1. The molecule has 2 N–H and O–H groups in total. The molecule has 1 saturated heterocycles. The molecule has 6 rings (SSSR count). The molecule has 188 valence electrons. The third-order valence-electron chi connectivity index (χ3n) is 6.82. The lowest BCUT2D eigenvalue weighted by Crippen LogP contribution is -2.44. The monoisotopic (exact) mass is 511 g/mol. The maximum absolute atomic E-state index is 9.55. The van der Waals surface area contributed by atoms with E-state index in [1.807, 2.05) is 23.0 Å².